The van der Waals surface area contributed by atoms with Crippen LogP contribution in [0.1, 0.15) is 65.7 Å². The molecule has 1 aromatic heterocycles. The number of hydrogen-bond donors (Lipinski definition) is 4. The highest BCUT2D eigenvalue weighted by molar-refractivity contribution is 5.97. The average Bonchev–Trinajstić information content (AvgIpc) is 3.74. The van der Waals surface area contributed by atoms with E-state index in [0.717, 1.165) is 37.7 Å². The second-order valence-electron chi connectivity index (χ2n) is 15.3. The van der Waals surface area contributed by atoms with E-state index in [1.54, 1.807) is 27.0 Å². The lowest BCUT2D eigenvalue weighted by atomic mass is 9.83. The summed E-state index contributed by atoms with van der Waals surface area (Å²) in [5, 5.41) is 19.2. The first-order valence-corrected chi connectivity index (χ1v) is 19.1. The summed E-state index contributed by atoms with van der Waals surface area (Å²) in [6.45, 7) is 8.67. The molecular weight excluding hydrogens is 702 g/mol. The third-order valence-corrected chi connectivity index (χ3v) is 11.2. The van der Waals surface area contributed by atoms with Crippen molar-refractivity contribution in [1.82, 2.24) is 25.8 Å². The van der Waals surface area contributed by atoms with Gasteiger partial charge in [-0.25, -0.2) is 9.78 Å². The number of aromatic nitrogens is 1. The molecule has 13 heteroatoms. The van der Waals surface area contributed by atoms with Crippen LogP contribution in [0.5, 0.6) is 11.5 Å². The number of carboxylic acid groups (broad SMARTS) is 1. The number of ether oxygens (including phenoxy) is 2. The summed E-state index contributed by atoms with van der Waals surface area (Å²) in [7, 11) is 1.55. The molecule has 3 fully saturated rings. The summed E-state index contributed by atoms with van der Waals surface area (Å²) in [6, 6.07) is 13.9. The standard InChI is InChI=1S/C42H51N5O8/c1-6-28-22-42(28,41(52)53)46-38(49)32-20-29(55-34-21-31(26-14-9-7-10-15-26)44-30-18-13-19-33(54-5)35(30)34)23-47(32)40(51)36(24(2)3)45-39(50)37(43-25(4)48)27-16-11-8-12-17-27/h6-7,9-10,13-15,18-19,21,24,27-29,32,36-37H,1,8,11-12,16-17,20,22-23H2,2-5H3,(H,43,48)(H,45,50)(H,46,49)(H,52,53)/t28-,29-,32-,36+,37+,42-/m1/s1. The number of carbonyl (C=O) groups excluding carboxylic acids is 4. The van der Waals surface area contributed by atoms with Gasteiger partial charge in [-0.3, -0.25) is 19.2 Å². The Balaban J connectivity index is 1.33. The van der Waals surface area contributed by atoms with Crippen molar-refractivity contribution < 1.29 is 38.6 Å². The smallest absolute Gasteiger partial charge is 0.330 e. The Labute approximate surface area is 321 Å². The van der Waals surface area contributed by atoms with Crippen LogP contribution in [-0.4, -0.2) is 88.0 Å². The summed E-state index contributed by atoms with van der Waals surface area (Å²) >= 11 is 0. The lowest BCUT2D eigenvalue weighted by molar-refractivity contribution is -0.146. The highest BCUT2D eigenvalue weighted by Crippen LogP contribution is 2.45. The SMILES string of the molecule is C=C[C@@H]1C[C@]1(NC(=O)[C@H]1C[C@@H](Oc2cc(-c3ccccc3)nc3cccc(OC)c23)CN1C(=O)[C@@H](NC(=O)[C@@H](NC(C)=O)C1CCCCC1)C(C)C)C(=O)O. The topological polar surface area (TPSA) is 176 Å². The van der Waals surface area contributed by atoms with Gasteiger partial charge in [0.25, 0.3) is 0 Å². The number of carboxylic acids is 1. The number of nitrogens with zero attached hydrogens (tertiary/aromatic N) is 2. The Morgan fingerprint density at radius 1 is 1.00 bits per heavy atom. The van der Waals surface area contributed by atoms with E-state index in [1.165, 1.54) is 17.9 Å². The number of fused-ring (bicyclic) bond motifs is 1. The van der Waals surface area contributed by atoms with Crippen molar-refractivity contribution in [3.63, 3.8) is 0 Å². The fraction of sp³-hybridized carbons (Fsp3) is 0.476. The van der Waals surface area contributed by atoms with Crippen LogP contribution in [0.4, 0.5) is 0 Å². The van der Waals surface area contributed by atoms with Crippen molar-refractivity contribution in [2.24, 2.45) is 17.8 Å². The van der Waals surface area contributed by atoms with E-state index in [9.17, 15) is 29.1 Å². The molecule has 6 atom stereocenters. The average molecular weight is 754 g/mol. The monoisotopic (exact) mass is 753 g/mol. The Hall–Kier alpha value is -5.46. The van der Waals surface area contributed by atoms with Crippen LogP contribution < -0.4 is 25.4 Å². The normalized spacial score (nSPS) is 23.4. The number of pyridine rings is 1. The quantitative estimate of drug-likeness (QED) is 0.171. The van der Waals surface area contributed by atoms with Gasteiger partial charge >= 0.3 is 5.97 Å². The number of rotatable bonds is 14. The van der Waals surface area contributed by atoms with E-state index in [2.05, 4.69) is 22.5 Å². The van der Waals surface area contributed by atoms with Crippen molar-refractivity contribution in [3.05, 3.63) is 67.3 Å². The fourth-order valence-corrected chi connectivity index (χ4v) is 8.13. The number of aliphatic carboxylic acids is 1. The number of methoxy groups -OCH3 is 1. The molecule has 4 amide bonds. The van der Waals surface area contributed by atoms with Crippen molar-refractivity contribution in [2.45, 2.75) is 95.5 Å². The molecule has 2 heterocycles. The van der Waals surface area contributed by atoms with E-state index in [-0.39, 0.29) is 31.2 Å². The van der Waals surface area contributed by atoms with Crippen LogP contribution in [0.3, 0.4) is 0 Å². The highest BCUT2D eigenvalue weighted by Gasteiger charge is 2.61. The summed E-state index contributed by atoms with van der Waals surface area (Å²) in [5.41, 5.74) is 0.610. The van der Waals surface area contributed by atoms with E-state index in [1.807, 2.05) is 48.5 Å². The largest absolute Gasteiger partial charge is 0.496 e. The molecule has 55 heavy (non-hydrogen) atoms. The first-order chi connectivity index (χ1) is 26.4. The van der Waals surface area contributed by atoms with Gasteiger partial charge in [0.1, 0.15) is 41.3 Å². The van der Waals surface area contributed by atoms with Crippen LogP contribution in [0.2, 0.25) is 0 Å². The molecule has 4 N–H and O–H groups in total. The zero-order valence-corrected chi connectivity index (χ0v) is 31.9. The maximum absolute atomic E-state index is 14.7. The van der Waals surface area contributed by atoms with Gasteiger partial charge in [-0.05, 0) is 43.2 Å². The molecule has 1 saturated heterocycles. The van der Waals surface area contributed by atoms with E-state index >= 15 is 0 Å². The molecule has 3 aliphatic rings. The molecule has 1 aliphatic heterocycles. The first kappa shape index (κ1) is 39.2. The van der Waals surface area contributed by atoms with Crippen LogP contribution in [-0.2, 0) is 24.0 Å². The minimum Gasteiger partial charge on any atom is -0.496 e. The van der Waals surface area contributed by atoms with Crippen LogP contribution in [0.25, 0.3) is 22.2 Å². The molecule has 292 valence electrons. The predicted molar refractivity (Wildman–Crippen MR) is 206 cm³/mol. The molecule has 2 saturated carbocycles. The number of amides is 4. The van der Waals surface area contributed by atoms with E-state index < -0.39 is 65.3 Å². The lowest BCUT2D eigenvalue weighted by Gasteiger charge is -2.34. The first-order valence-electron chi connectivity index (χ1n) is 19.1. The number of hydrogen-bond acceptors (Lipinski definition) is 8. The van der Waals surface area contributed by atoms with Crippen molar-refractivity contribution >= 4 is 40.5 Å². The zero-order chi connectivity index (χ0) is 39.4. The van der Waals surface area contributed by atoms with Crippen LogP contribution >= 0.6 is 0 Å². The third-order valence-electron chi connectivity index (χ3n) is 11.2. The molecule has 2 aromatic carbocycles. The lowest BCUT2D eigenvalue weighted by Crippen LogP contribution is -2.60. The van der Waals surface area contributed by atoms with Gasteiger partial charge in [0.05, 0.1) is 30.3 Å². The number of likely N-dealkylation sites (tertiary alicyclic amines) is 1. The number of nitrogens with one attached hydrogen (secondary N) is 3. The molecule has 0 spiro atoms. The molecule has 0 radical (unpaired) electrons. The molecule has 3 aromatic rings. The Morgan fingerprint density at radius 2 is 1.73 bits per heavy atom. The summed E-state index contributed by atoms with van der Waals surface area (Å²) < 4.78 is 12.4. The van der Waals surface area contributed by atoms with Crippen LogP contribution in [0.15, 0.2) is 67.3 Å². The fourth-order valence-electron chi connectivity index (χ4n) is 8.13. The molecule has 6 rings (SSSR count). The zero-order valence-electron chi connectivity index (χ0n) is 31.9. The second kappa shape index (κ2) is 16.5. The van der Waals surface area contributed by atoms with E-state index in [4.69, 9.17) is 14.5 Å². The van der Waals surface area contributed by atoms with Gasteiger partial charge in [0, 0.05) is 30.9 Å². The Bertz CT molecular complexity index is 1950. The minimum absolute atomic E-state index is 0.0294. The molecule has 2 aliphatic carbocycles. The van der Waals surface area contributed by atoms with Crippen LogP contribution in [0, 0.1) is 17.8 Å². The maximum atomic E-state index is 14.7. The van der Waals surface area contributed by atoms with Crippen molar-refractivity contribution in [1.29, 1.82) is 0 Å². The number of carbonyl (C=O) groups is 5. The predicted octanol–water partition coefficient (Wildman–Crippen LogP) is 4.63. The Kier molecular flexibility index (Phi) is 11.8. The van der Waals surface area contributed by atoms with Gasteiger partial charge in [-0.1, -0.05) is 75.6 Å². The van der Waals surface area contributed by atoms with Gasteiger partial charge in [-0.15, -0.1) is 6.58 Å². The number of benzene rings is 2. The summed E-state index contributed by atoms with van der Waals surface area (Å²) in [6.07, 6.45) is 5.53. The molecule has 0 bridgehead atoms. The molecule has 13 nitrogen and oxygen atoms in total. The Morgan fingerprint density at radius 3 is 2.35 bits per heavy atom. The second-order valence-corrected chi connectivity index (χ2v) is 15.3. The van der Waals surface area contributed by atoms with Crippen molar-refractivity contribution in [2.75, 3.05) is 13.7 Å². The summed E-state index contributed by atoms with van der Waals surface area (Å²) in [5.74, 6) is -3.09. The van der Waals surface area contributed by atoms with Gasteiger partial charge < -0.3 is 35.4 Å². The summed E-state index contributed by atoms with van der Waals surface area (Å²) in [4.78, 5) is 73.6. The molecular formula is C42H51N5O8. The third kappa shape index (κ3) is 8.30. The maximum Gasteiger partial charge on any atom is 0.330 e. The highest BCUT2D eigenvalue weighted by atomic mass is 16.5. The van der Waals surface area contributed by atoms with Crippen molar-refractivity contribution in [3.8, 4) is 22.8 Å². The minimum atomic E-state index is -1.52. The van der Waals surface area contributed by atoms with E-state index in [0.29, 0.717) is 28.1 Å². The van der Waals surface area contributed by atoms with Gasteiger partial charge in [0.2, 0.25) is 23.6 Å². The van der Waals surface area contributed by atoms with Gasteiger partial charge in [-0.2, -0.15) is 0 Å². The van der Waals surface area contributed by atoms with Gasteiger partial charge in [0.15, 0.2) is 0 Å². The molecule has 0 unspecified atom stereocenters.